The van der Waals surface area contributed by atoms with Gasteiger partial charge >= 0.3 is 0 Å². The molecule has 0 unspecified atom stereocenters. The van der Waals surface area contributed by atoms with Crippen molar-refractivity contribution < 1.29 is 27.8 Å². The fourth-order valence-corrected chi connectivity index (χ4v) is 9.67. The molecule has 1 fully saturated rings. The van der Waals surface area contributed by atoms with Crippen molar-refractivity contribution in [3.63, 3.8) is 0 Å². The first kappa shape index (κ1) is 40.5. The Morgan fingerprint density at radius 2 is 1.54 bits per heavy atom. The van der Waals surface area contributed by atoms with Crippen LogP contribution in [-0.4, -0.2) is 47.5 Å². The average Bonchev–Trinajstić information content (AvgIpc) is 3.67. The quantitative estimate of drug-likeness (QED) is 0.0884. The molecule has 1 amide bonds. The van der Waals surface area contributed by atoms with Crippen LogP contribution in [0.3, 0.4) is 0 Å². The van der Waals surface area contributed by atoms with E-state index < -0.39 is 28.3 Å². The predicted molar refractivity (Wildman–Crippen MR) is 223 cm³/mol. The van der Waals surface area contributed by atoms with Gasteiger partial charge in [-0.2, -0.15) is 4.72 Å². The summed E-state index contributed by atoms with van der Waals surface area (Å²) in [5.74, 6) is 0.261. The van der Waals surface area contributed by atoms with Gasteiger partial charge in [0.15, 0.2) is 10.6 Å². The molecule has 0 radical (unpaired) electrons. The van der Waals surface area contributed by atoms with E-state index in [1.165, 1.54) is 0 Å². The number of hydrogen-bond donors (Lipinski definition) is 3. The van der Waals surface area contributed by atoms with Gasteiger partial charge in [0.25, 0.3) is 0 Å². The molecular weight excluding hydrogens is 777 g/mol. The third-order valence-corrected chi connectivity index (χ3v) is 13.3. The van der Waals surface area contributed by atoms with Crippen molar-refractivity contribution >= 4 is 39.0 Å². The Morgan fingerprint density at radius 1 is 0.842 bits per heavy atom. The van der Waals surface area contributed by atoms with Crippen LogP contribution in [0.2, 0.25) is 0 Å². The van der Waals surface area contributed by atoms with E-state index in [-0.39, 0.29) is 36.7 Å². The summed E-state index contributed by atoms with van der Waals surface area (Å²) in [4.78, 5) is 13.9. The van der Waals surface area contributed by atoms with Crippen LogP contribution >= 0.6 is 23.1 Å². The summed E-state index contributed by atoms with van der Waals surface area (Å²) < 4.78 is 43.5. The van der Waals surface area contributed by atoms with Crippen LogP contribution in [0.4, 0.5) is 0 Å². The highest BCUT2D eigenvalue weighted by Gasteiger charge is 2.33. The highest BCUT2D eigenvalue weighted by atomic mass is 32.2. The van der Waals surface area contributed by atoms with Gasteiger partial charge in [0.1, 0.15) is 11.0 Å². The van der Waals surface area contributed by atoms with Crippen LogP contribution in [-0.2, 0) is 43.9 Å². The molecule has 0 aliphatic carbocycles. The van der Waals surface area contributed by atoms with Crippen molar-refractivity contribution in [3.05, 3.63) is 166 Å². The van der Waals surface area contributed by atoms with Crippen molar-refractivity contribution in [1.82, 2.24) is 20.2 Å². The van der Waals surface area contributed by atoms with Gasteiger partial charge in [-0.15, -0.1) is 10.2 Å². The molecule has 2 heterocycles. The number of nitrogens with one attached hydrogen (secondary N) is 2. The summed E-state index contributed by atoms with van der Waals surface area (Å²) >= 11 is 3.19. The Morgan fingerprint density at radius 3 is 2.25 bits per heavy atom. The molecule has 13 heteroatoms. The van der Waals surface area contributed by atoms with Crippen LogP contribution in [0, 0.1) is 13.8 Å². The Kier molecular flexibility index (Phi) is 13.3. The molecule has 3 N–H and O–H groups in total. The van der Waals surface area contributed by atoms with E-state index in [2.05, 4.69) is 20.2 Å². The first-order valence-electron chi connectivity index (χ1n) is 18.7. The minimum atomic E-state index is -3.98. The number of aryl methyl sites for hydroxylation is 2. The molecule has 294 valence electrons. The monoisotopic (exact) mass is 820 g/mol. The maximum Gasteiger partial charge on any atom is 0.241 e. The number of rotatable bonds is 15. The lowest BCUT2D eigenvalue weighted by Gasteiger charge is -2.36. The minimum absolute atomic E-state index is 0.0231. The molecule has 4 atom stereocenters. The lowest BCUT2D eigenvalue weighted by Crippen LogP contribution is -2.47. The van der Waals surface area contributed by atoms with E-state index in [1.54, 1.807) is 47.4 Å². The number of sulfonamides is 1. The van der Waals surface area contributed by atoms with Crippen LogP contribution < -0.4 is 10.0 Å². The molecule has 7 rings (SSSR count). The van der Waals surface area contributed by atoms with Gasteiger partial charge in [0.2, 0.25) is 15.9 Å². The number of benzene rings is 5. The summed E-state index contributed by atoms with van der Waals surface area (Å²) in [5.41, 5.74) is 7.24. The minimum Gasteiger partial charge on any atom is -0.392 e. The topological polar surface area (TPSA) is 140 Å². The fourth-order valence-electron chi connectivity index (χ4n) is 6.62. The molecule has 1 saturated heterocycles. The van der Waals surface area contributed by atoms with E-state index >= 15 is 0 Å². The molecular formula is C44H44N4O6S3. The maximum absolute atomic E-state index is 13.8. The van der Waals surface area contributed by atoms with Crippen molar-refractivity contribution in [2.45, 2.75) is 73.6 Å². The Balaban J connectivity index is 1.06. The first-order chi connectivity index (χ1) is 27.6. The third kappa shape index (κ3) is 10.6. The molecule has 1 aliphatic heterocycles. The maximum atomic E-state index is 13.8. The second kappa shape index (κ2) is 18.7. The number of nitrogens with zero attached hydrogens (tertiary/aromatic N) is 2. The van der Waals surface area contributed by atoms with Gasteiger partial charge in [-0.05, 0) is 65.8 Å². The third-order valence-electron chi connectivity index (χ3n) is 9.71. The van der Waals surface area contributed by atoms with Gasteiger partial charge in [-0.3, -0.25) is 4.79 Å². The van der Waals surface area contributed by atoms with Crippen molar-refractivity contribution in [1.29, 1.82) is 0 Å². The van der Waals surface area contributed by atoms with Gasteiger partial charge in [-0.25, -0.2) is 8.42 Å². The molecule has 6 aromatic rings. The first-order valence-corrected chi connectivity index (χ1v) is 21.9. The second-order valence-electron chi connectivity index (χ2n) is 13.9. The van der Waals surface area contributed by atoms with Gasteiger partial charge in [0, 0.05) is 24.3 Å². The molecule has 0 saturated carbocycles. The number of amides is 1. The Hall–Kier alpha value is -4.73. The summed E-state index contributed by atoms with van der Waals surface area (Å²) in [7, 11) is -3.98. The number of thioether (sulfide) groups is 1. The Labute approximate surface area is 341 Å². The SMILES string of the molecule is Cc1ccc(S(=O)(=O)N[C@H](Cc2ccccc2)C(=O)NCc2ccccc2-c2ccc([C@H]3O[C@@H](CSc4nnc(C)s4)C[C@@H](c4ccc(CO)cc4)O3)cc2)cc1. The molecule has 1 aliphatic rings. The highest BCUT2D eigenvalue weighted by Crippen LogP contribution is 2.40. The largest absolute Gasteiger partial charge is 0.392 e. The zero-order valence-corrected chi connectivity index (χ0v) is 34.0. The molecule has 0 spiro atoms. The van der Waals surface area contributed by atoms with Crippen LogP contribution in [0.5, 0.6) is 0 Å². The van der Waals surface area contributed by atoms with Gasteiger partial charge < -0.3 is 19.9 Å². The standard InChI is InChI=1S/C44H44N4O6S3/c1-29-12-22-38(23-13-29)57(51,52)48-40(24-31-8-4-3-5-9-31)42(50)45-26-36-10-6-7-11-39(36)33-18-20-35(21-19-33)43-53-37(28-55-44-47-46-30(2)56-44)25-41(54-43)34-16-14-32(27-49)15-17-34/h3-23,37,40-41,43,48-49H,24-28H2,1-2H3,(H,45,50)/t37-,40-,41+,43+/m1/s1. The molecule has 5 aromatic carbocycles. The number of carbonyl (C=O) groups is 1. The lowest BCUT2D eigenvalue weighted by molar-refractivity contribution is -0.245. The Bertz CT molecular complexity index is 2360. The van der Waals surface area contributed by atoms with E-state index in [4.69, 9.17) is 9.47 Å². The van der Waals surface area contributed by atoms with Crippen molar-refractivity contribution in [3.8, 4) is 11.1 Å². The van der Waals surface area contributed by atoms with Crippen molar-refractivity contribution in [2.75, 3.05) is 5.75 Å². The normalized spacial score (nSPS) is 17.6. The number of aromatic nitrogens is 2. The summed E-state index contributed by atoms with van der Waals surface area (Å²) in [6, 6.07) is 38.5. The number of carbonyl (C=O) groups excluding carboxylic acids is 1. The van der Waals surface area contributed by atoms with Gasteiger partial charge in [0.05, 0.1) is 23.7 Å². The zero-order chi connectivity index (χ0) is 39.8. The molecule has 1 aromatic heterocycles. The summed E-state index contributed by atoms with van der Waals surface area (Å²) in [5, 5.41) is 21.9. The van der Waals surface area contributed by atoms with E-state index in [0.29, 0.717) is 12.2 Å². The van der Waals surface area contributed by atoms with E-state index in [0.717, 1.165) is 53.9 Å². The van der Waals surface area contributed by atoms with Crippen LogP contribution in [0.15, 0.2) is 137 Å². The predicted octanol–water partition coefficient (Wildman–Crippen LogP) is 7.86. The van der Waals surface area contributed by atoms with Gasteiger partial charge in [-0.1, -0.05) is 144 Å². The molecule has 10 nitrogen and oxygen atoms in total. The van der Waals surface area contributed by atoms with E-state index in [1.807, 2.05) is 117 Å². The zero-order valence-electron chi connectivity index (χ0n) is 31.6. The van der Waals surface area contributed by atoms with E-state index in [9.17, 15) is 18.3 Å². The fraction of sp³-hybridized carbons (Fsp3) is 0.250. The smallest absolute Gasteiger partial charge is 0.241 e. The molecule has 57 heavy (non-hydrogen) atoms. The van der Waals surface area contributed by atoms with Crippen LogP contribution in [0.25, 0.3) is 11.1 Å². The number of aliphatic hydroxyl groups excluding tert-OH is 1. The number of aliphatic hydroxyl groups is 1. The second-order valence-corrected chi connectivity index (χ2v) is 18.1. The summed E-state index contributed by atoms with van der Waals surface area (Å²) in [6.45, 7) is 3.99. The van der Waals surface area contributed by atoms with Crippen molar-refractivity contribution in [2.24, 2.45) is 0 Å². The number of hydrogen-bond acceptors (Lipinski definition) is 10. The number of ether oxygens (including phenoxy) is 2. The highest BCUT2D eigenvalue weighted by molar-refractivity contribution is 8.01. The lowest BCUT2D eigenvalue weighted by atomic mass is 9.97. The average molecular weight is 821 g/mol. The van der Waals surface area contributed by atoms with Crippen LogP contribution in [0.1, 0.15) is 57.2 Å². The summed E-state index contributed by atoms with van der Waals surface area (Å²) in [6.07, 6.45) is -0.0958. The molecule has 0 bridgehead atoms.